The van der Waals surface area contributed by atoms with E-state index in [0.29, 0.717) is 13.0 Å². The van der Waals surface area contributed by atoms with Gasteiger partial charge in [0, 0.05) is 18.4 Å². The summed E-state index contributed by atoms with van der Waals surface area (Å²) < 4.78 is 5.11. The maximum Gasteiger partial charge on any atom is 0.306 e. The standard InChI is InChI=1S/C17H24N2O3S/c1-17(2,3)19-16(23)18-14(20)9-10-15(21)22-12-11-13-7-5-4-6-8-13/h4-8H,9-12H2,1-3H3,(H2,18,19,20,23). The monoisotopic (exact) mass is 336 g/mol. The summed E-state index contributed by atoms with van der Waals surface area (Å²) in [7, 11) is 0. The van der Waals surface area contributed by atoms with Crippen molar-refractivity contribution in [1.82, 2.24) is 10.6 Å². The van der Waals surface area contributed by atoms with Gasteiger partial charge in [0.05, 0.1) is 13.0 Å². The van der Waals surface area contributed by atoms with E-state index >= 15 is 0 Å². The third-order valence-corrected chi connectivity index (χ3v) is 3.00. The van der Waals surface area contributed by atoms with Gasteiger partial charge in [-0.3, -0.25) is 9.59 Å². The highest BCUT2D eigenvalue weighted by molar-refractivity contribution is 7.80. The lowest BCUT2D eigenvalue weighted by Crippen LogP contribution is -2.48. The van der Waals surface area contributed by atoms with Gasteiger partial charge in [0.25, 0.3) is 0 Å². The Bertz CT molecular complexity index is 539. The van der Waals surface area contributed by atoms with Gasteiger partial charge in [-0.05, 0) is 38.6 Å². The van der Waals surface area contributed by atoms with Crippen molar-refractivity contribution in [2.24, 2.45) is 0 Å². The Morgan fingerprint density at radius 2 is 1.78 bits per heavy atom. The molecule has 0 heterocycles. The summed E-state index contributed by atoms with van der Waals surface area (Å²) in [6.07, 6.45) is 0.757. The van der Waals surface area contributed by atoms with E-state index in [0.717, 1.165) is 5.56 Å². The summed E-state index contributed by atoms with van der Waals surface area (Å²) in [5.41, 5.74) is 0.887. The van der Waals surface area contributed by atoms with Crippen LogP contribution in [0.1, 0.15) is 39.2 Å². The molecular weight excluding hydrogens is 312 g/mol. The first-order chi connectivity index (χ1) is 10.8. The van der Waals surface area contributed by atoms with Crippen molar-refractivity contribution < 1.29 is 14.3 Å². The predicted molar refractivity (Wildman–Crippen MR) is 94.0 cm³/mol. The van der Waals surface area contributed by atoms with E-state index in [9.17, 15) is 9.59 Å². The number of rotatable bonds is 6. The summed E-state index contributed by atoms with van der Waals surface area (Å²) in [6, 6.07) is 9.77. The Balaban J connectivity index is 2.17. The molecule has 0 spiro atoms. The van der Waals surface area contributed by atoms with Crippen LogP contribution in [-0.2, 0) is 20.7 Å². The van der Waals surface area contributed by atoms with Gasteiger partial charge in [0.15, 0.2) is 5.11 Å². The van der Waals surface area contributed by atoms with Crippen LogP contribution in [0.3, 0.4) is 0 Å². The molecule has 5 nitrogen and oxygen atoms in total. The second-order valence-electron chi connectivity index (χ2n) is 6.21. The van der Waals surface area contributed by atoms with Crippen molar-refractivity contribution in [1.29, 1.82) is 0 Å². The number of hydrogen-bond acceptors (Lipinski definition) is 4. The summed E-state index contributed by atoms with van der Waals surface area (Å²) in [5.74, 6) is -0.683. The van der Waals surface area contributed by atoms with Crippen LogP contribution in [0, 0.1) is 0 Å². The second kappa shape index (κ2) is 9.25. The number of ether oxygens (including phenoxy) is 1. The van der Waals surface area contributed by atoms with E-state index in [1.807, 2.05) is 51.1 Å². The smallest absolute Gasteiger partial charge is 0.306 e. The van der Waals surface area contributed by atoms with Gasteiger partial charge in [-0.25, -0.2) is 0 Å². The Kier molecular flexibility index (Phi) is 7.68. The third-order valence-electron chi connectivity index (χ3n) is 2.79. The van der Waals surface area contributed by atoms with Gasteiger partial charge in [-0.2, -0.15) is 0 Å². The fourth-order valence-corrected chi connectivity index (χ4v) is 2.20. The Morgan fingerprint density at radius 1 is 1.13 bits per heavy atom. The summed E-state index contributed by atoms with van der Waals surface area (Å²) in [6.45, 7) is 6.13. The summed E-state index contributed by atoms with van der Waals surface area (Å²) >= 11 is 5.02. The number of carbonyl (C=O) groups excluding carboxylic acids is 2. The van der Waals surface area contributed by atoms with Crippen LogP contribution in [0.4, 0.5) is 0 Å². The molecule has 1 rings (SSSR count). The van der Waals surface area contributed by atoms with Gasteiger partial charge in [-0.15, -0.1) is 0 Å². The zero-order valence-electron chi connectivity index (χ0n) is 13.8. The van der Waals surface area contributed by atoms with Gasteiger partial charge in [0.1, 0.15) is 0 Å². The van der Waals surface area contributed by atoms with Crippen LogP contribution in [-0.4, -0.2) is 29.1 Å². The quantitative estimate of drug-likeness (QED) is 0.616. The minimum Gasteiger partial charge on any atom is -0.465 e. The molecule has 0 saturated heterocycles. The Labute approximate surface area is 142 Å². The Morgan fingerprint density at radius 3 is 2.39 bits per heavy atom. The highest BCUT2D eigenvalue weighted by Gasteiger charge is 2.14. The highest BCUT2D eigenvalue weighted by Crippen LogP contribution is 2.01. The first-order valence-electron chi connectivity index (χ1n) is 7.58. The molecular formula is C17H24N2O3S. The van der Waals surface area contributed by atoms with E-state index in [1.165, 1.54) is 0 Å². The lowest BCUT2D eigenvalue weighted by Gasteiger charge is -2.22. The predicted octanol–water partition coefficient (Wildman–Crippen LogP) is 2.34. The van der Waals surface area contributed by atoms with E-state index in [4.69, 9.17) is 17.0 Å². The first-order valence-corrected chi connectivity index (χ1v) is 7.98. The molecule has 0 aliphatic heterocycles. The first kappa shape index (κ1) is 19.1. The van der Waals surface area contributed by atoms with E-state index < -0.39 is 0 Å². The number of thiocarbonyl (C=S) groups is 1. The van der Waals surface area contributed by atoms with Crippen LogP contribution in [0.15, 0.2) is 30.3 Å². The molecule has 6 heteroatoms. The molecule has 1 aromatic rings. The molecule has 0 radical (unpaired) electrons. The molecule has 0 aliphatic carbocycles. The number of benzene rings is 1. The molecule has 1 aromatic carbocycles. The molecule has 1 amide bonds. The number of carbonyl (C=O) groups is 2. The van der Waals surface area contributed by atoms with Gasteiger partial charge in [0.2, 0.25) is 5.91 Å². The SMILES string of the molecule is CC(C)(C)NC(=S)NC(=O)CCC(=O)OCCc1ccccc1. The van der Waals surface area contributed by atoms with E-state index in [2.05, 4.69) is 10.6 Å². The average molecular weight is 336 g/mol. The van der Waals surface area contributed by atoms with Crippen molar-refractivity contribution in [3.63, 3.8) is 0 Å². The van der Waals surface area contributed by atoms with Crippen molar-refractivity contribution in [2.75, 3.05) is 6.61 Å². The summed E-state index contributed by atoms with van der Waals surface area (Å²) in [5, 5.41) is 5.78. The van der Waals surface area contributed by atoms with Crippen molar-refractivity contribution >= 4 is 29.2 Å². The van der Waals surface area contributed by atoms with Crippen LogP contribution >= 0.6 is 12.2 Å². The maximum absolute atomic E-state index is 11.7. The normalized spacial score (nSPS) is 10.7. The fraction of sp³-hybridized carbons (Fsp3) is 0.471. The number of amides is 1. The van der Waals surface area contributed by atoms with Crippen LogP contribution in [0.2, 0.25) is 0 Å². The largest absolute Gasteiger partial charge is 0.465 e. The minimum atomic E-state index is -0.384. The molecule has 0 fully saturated rings. The minimum absolute atomic E-state index is 0.0404. The zero-order chi connectivity index (χ0) is 17.3. The zero-order valence-corrected chi connectivity index (χ0v) is 14.7. The molecule has 126 valence electrons. The molecule has 0 aliphatic rings. The van der Waals surface area contributed by atoms with E-state index in [1.54, 1.807) is 0 Å². The molecule has 23 heavy (non-hydrogen) atoms. The number of hydrogen-bond donors (Lipinski definition) is 2. The molecule has 0 unspecified atom stereocenters. The molecule has 2 N–H and O–H groups in total. The lowest BCUT2D eigenvalue weighted by atomic mass is 10.1. The van der Waals surface area contributed by atoms with Crippen LogP contribution in [0.25, 0.3) is 0 Å². The molecule has 0 bridgehead atoms. The topological polar surface area (TPSA) is 67.4 Å². The number of esters is 1. The summed E-state index contributed by atoms with van der Waals surface area (Å²) in [4.78, 5) is 23.3. The van der Waals surface area contributed by atoms with Crippen molar-refractivity contribution in [2.45, 2.75) is 45.6 Å². The lowest BCUT2D eigenvalue weighted by molar-refractivity contribution is -0.144. The molecule has 0 aromatic heterocycles. The van der Waals surface area contributed by atoms with E-state index in [-0.39, 0.29) is 35.4 Å². The van der Waals surface area contributed by atoms with Crippen molar-refractivity contribution in [3.8, 4) is 0 Å². The fourth-order valence-electron chi connectivity index (χ4n) is 1.78. The average Bonchev–Trinajstić information content (AvgIpc) is 2.44. The van der Waals surface area contributed by atoms with Crippen molar-refractivity contribution in [3.05, 3.63) is 35.9 Å². The Hall–Kier alpha value is -1.95. The van der Waals surface area contributed by atoms with Crippen LogP contribution < -0.4 is 10.6 Å². The van der Waals surface area contributed by atoms with Gasteiger partial charge < -0.3 is 15.4 Å². The third kappa shape index (κ3) is 9.63. The molecule has 0 saturated carbocycles. The van der Waals surface area contributed by atoms with Gasteiger partial charge in [-0.1, -0.05) is 30.3 Å². The van der Waals surface area contributed by atoms with Gasteiger partial charge >= 0.3 is 5.97 Å². The second-order valence-corrected chi connectivity index (χ2v) is 6.62. The maximum atomic E-state index is 11.7. The highest BCUT2D eigenvalue weighted by atomic mass is 32.1. The number of nitrogens with one attached hydrogen (secondary N) is 2. The molecule has 0 atom stereocenters. The van der Waals surface area contributed by atoms with Crippen LogP contribution in [0.5, 0.6) is 0 Å².